The molecule has 1 unspecified atom stereocenters. The summed E-state index contributed by atoms with van der Waals surface area (Å²) in [4.78, 5) is 10.7. The van der Waals surface area contributed by atoms with Crippen LogP contribution in [0.5, 0.6) is 0 Å². The standard InChI is InChI=1S/C8H15N3O3S/c1-6(2)11(5-8(10)12)15(13,14)7(3)4-9/h6-7H,5H2,1-3H3,(H2,10,12). The van der Waals surface area contributed by atoms with Crippen LogP contribution >= 0.6 is 0 Å². The summed E-state index contributed by atoms with van der Waals surface area (Å²) >= 11 is 0. The van der Waals surface area contributed by atoms with Crippen LogP contribution in [0.3, 0.4) is 0 Å². The molecule has 0 aromatic carbocycles. The number of hydrogen-bond donors (Lipinski definition) is 1. The number of sulfonamides is 1. The molecule has 0 saturated carbocycles. The number of hydrogen-bond acceptors (Lipinski definition) is 4. The molecular formula is C8H15N3O3S. The smallest absolute Gasteiger partial charge is 0.232 e. The Morgan fingerprint density at radius 3 is 2.20 bits per heavy atom. The molecular weight excluding hydrogens is 218 g/mol. The van der Waals surface area contributed by atoms with Crippen LogP contribution in [0.25, 0.3) is 0 Å². The van der Waals surface area contributed by atoms with Gasteiger partial charge in [-0.3, -0.25) is 4.79 Å². The van der Waals surface area contributed by atoms with Gasteiger partial charge in [0, 0.05) is 6.04 Å². The van der Waals surface area contributed by atoms with Crippen LogP contribution in [-0.2, 0) is 14.8 Å². The predicted molar refractivity (Wildman–Crippen MR) is 55.0 cm³/mol. The first-order valence-corrected chi connectivity index (χ1v) is 5.92. The third kappa shape index (κ3) is 3.49. The zero-order valence-corrected chi connectivity index (χ0v) is 9.78. The number of nitriles is 1. The van der Waals surface area contributed by atoms with E-state index in [0.717, 1.165) is 4.31 Å². The van der Waals surface area contributed by atoms with Gasteiger partial charge >= 0.3 is 0 Å². The lowest BCUT2D eigenvalue weighted by Crippen LogP contribution is -2.45. The minimum Gasteiger partial charge on any atom is -0.369 e. The van der Waals surface area contributed by atoms with Crippen LogP contribution < -0.4 is 5.73 Å². The third-order valence-corrected chi connectivity index (χ3v) is 4.05. The number of carbonyl (C=O) groups excluding carboxylic acids is 1. The van der Waals surface area contributed by atoms with E-state index in [1.807, 2.05) is 0 Å². The van der Waals surface area contributed by atoms with Crippen LogP contribution in [0.1, 0.15) is 20.8 Å². The molecule has 0 aliphatic rings. The Labute approximate surface area is 89.7 Å². The van der Waals surface area contributed by atoms with E-state index in [4.69, 9.17) is 11.0 Å². The van der Waals surface area contributed by atoms with Crippen LogP contribution in [0.15, 0.2) is 0 Å². The van der Waals surface area contributed by atoms with E-state index in [9.17, 15) is 13.2 Å². The molecule has 0 rings (SSSR count). The molecule has 0 aliphatic heterocycles. The fraction of sp³-hybridized carbons (Fsp3) is 0.750. The van der Waals surface area contributed by atoms with Crippen molar-refractivity contribution < 1.29 is 13.2 Å². The highest BCUT2D eigenvalue weighted by Crippen LogP contribution is 2.11. The molecule has 0 aromatic heterocycles. The van der Waals surface area contributed by atoms with Crippen molar-refractivity contribution in [3.63, 3.8) is 0 Å². The molecule has 15 heavy (non-hydrogen) atoms. The van der Waals surface area contributed by atoms with Gasteiger partial charge < -0.3 is 5.73 Å². The summed E-state index contributed by atoms with van der Waals surface area (Å²) in [7, 11) is -3.77. The number of amides is 1. The van der Waals surface area contributed by atoms with Crippen LogP contribution in [0.4, 0.5) is 0 Å². The molecule has 6 nitrogen and oxygen atoms in total. The Morgan fingerprint density at radius 1 is 1.47 bits per heavy atom. The second-order valence-corrected chi connectivity index (χ2v) is 5.63. The summed E-state index contributed by atoms with van der Waals surface area (Å²) in [5.41, 5.74) is 4.94. The monoisotopic (exact) mass is 233 g/mol. The number of carbonyl (C=O) groups is 1. The van der Waals surface area contributed by atoms with Crippen LogP contribution in [0, 0.1) is 11.3 Å². The predicted octanol–water partition coefficient (Wildman–Crippen LogP) is -0.576. The van der Waals surface area contributed by atoms with Gasteiger partial charge in [-0.15, -0.1) is 0 Å². The van der Waals surface area contributed by atoms with E-state index < -0.39 is 33.8 Å². The van der Waals surface area contributed by atoms with Gasteiger partial charge in [0.1, 0.15) is 0 Å². The number of nitrogens with two attached hydrogens (primary N) is 1. The van der Waals surface area contributed by atoms with E-state index >= 15 is 0 Å². The van der Waals surface area contributed by atoms with E-state index in [2.05, 4.69) is 0 Å². The zero-order chi connectivity index (χ0) is 12.2. The van der Waals surface area contributed by atoms with E-state index in [0.29, 0.717) is 0 Å². The van der Waals surface area contributed by atoms with Gasteiger partial charge in [-0.2, -0.15) is 9.57 Å². The Hall–Kier alpha value is -1.13. The summed E-state index contributed by atoms with van der Waals surface area (Å²) in [5.74, 6) is -0.739. The van der Waals surface area contributed by atoms with E-state index in [1.165, 1.54) is 6.92 Å². The zero-order valence-electron chi connectivity index (χ0n) is 8.97. The SMILES string of the molecule is CC(C)N(CC(N)=O)S(=O)(=O)C(C)C#N. The first-order chi connectivity index (χ1) is 6.73. The minimum absolute atomic E-state index is 0.397. The lowest BCUT2D eigenvalue weighted by molar-refractivity contribution is -0.118. The molecule has 0 fully saturated rings. The first kappa shape index (κ1) is 13.9. The van der Waals surface area contributed by atoms with E-state index in [1.54, 1.807) is 19.9 Å². The summed E-state index contributed by atoms with van der Waals surface area (Å²) in [5, 5.41) is 7.38. The molecule has 7 heteroatoms. The molecule has 0 radical (unpaired) electrons. The maximum Gasteiger partial charge on any atom is 0.232 e. The third-order valence-electron chi connectivity index (χ3n) is 1.84. The Balaban J connectivity index is 5.10. The van der Waals surface area contributed by atoms with Crippen LogP contribution in [-0.4, -0.2) is 36.5 Å². The van der Waals surface area contributed by atoms with Gasteiger partial charge in [0.05, 0.1) is 12.6 Å². The van der Waals surface area contributed by atoms with Crippen LogP contribution in [0.2, 0.25) is 0 Å². The minimum atomic E-state index is -3.77. The summed E-state index contributed by atoms with van der Waals surface area (Å²) in [6, 6.07) is 1.23. The maximum atomic E-state index is 11.7. The quantitative estimate of drug-likeness (QED) is 0.686. The average molecular weight is 233 g/mol. The van der Waals surface area contributed by atoms with Crippen molar-refractivity contribution in [2.45, 2.75) is 32.1 Å². The topological polar surface area (TPSA) is 104 Å². The lowest BCUT2D eigenvalue weighted by Gasteiger charge is -2.25. The summed E-state index contributed by atoms with van der Waals surface area (Å²) < 4.78 is 24.4. The lowest BCUT2D eigenvalue weighted by atomic mass is 10.4. The molecule has 0 saturated heterocycles. The van der Waals surface area contributed by atoms with Crippen molar-refractivity contribution in [1.82, 2.24) is 4.31 Å². The van der Waals surface area contributed by atoms with E-state index in [-0.39, 0.29) is 0 Å². The normalized spacial score (nSPS) is 13.9. The summed E-state index contributed by atoms with van der Waals surface area (Å²) in [6.07, 6.45) is 0. The fourth-order valence-corrected chi connectivity index (χ4v) is 2.42. The molecule has 0 bridgehead atoms. The van der Waals surface area contributed by atoms with Crippen molar-refractivity contribution in [2.75, 3.05) is 6.54 Å². The Kier molecular flexibility index (Phi) is 4.71. The van der Waals surface area contributed by atoms with Gasteiger partial charge in [0.15, 0.2) is 5.25 Å². The number of rotatable bonds is 5. The molecule has 1 atom stereocenters. The Morgan fingerprint density at radius 2 is 1.93 bits per heavy atom. The average Bonchev–Trinajstić information content (AvgIpc) is 2.11. The second kappa shape index (κ2) is 5.09. The highest BCUT2D eigenvalue weighted by molar-refractivity contribution is 7.90. The number of primary amides is 1. The van der Waals surface area contributed by atoms with Gasteiger partial charge in [-0.1, -0.05) is 0 Å². The molecule has 0 aromatic rings. The molecule has 1 amide bonds. The van der Waals surface area contributed by atoms with Crippen molar-refractivity contribution in [3.8, 4) is 6.07 Å². The van der Waals surface area contributed by atoms with Crippen molar-refractivity contribution in [3.05, 3.63) is 0 Å². The van der Waals surface area contributed by atoms with Gasteiger partial charge in [-0.25, -0.2) is 8.42 Å². The summed E-state index contributed by atoms with van der Waals surface area (Å²) in [6.45, 7) is 4.10. The highest BCUT2D eigenvalue weighted by atomic mass is 32.2. The molecule has 86 valence electrons. The van der Waals surface area contributed by atoms with Gasteiger partial charge in [-0.05, 0) is 20.8 Å². The van der Waals surface area contributed by atoms with Gasteiger partial charge in [0.2, 0.25) is 15.9 Å². The fourth-order valence-electron chi connectivity index (χ4n) is 0.990. The number of nitrogens with zero attached hydrogens (tertiary/aromatic N) is 2. The highest BCUT2D eigenvalue weighted by Gasteiger charge is 2.31. The van der Waals surface area contributed by atoms with Crippen molar-refractivity contribution in [2.24, 2.45) is 5.73 Å². The largest absolute Gasteiger partial charge is 0.369 e. The molecule has 2 N–H and O–H groups in total. The Bertz CT molecular complexity index is 369. The van der Waals surface area contributed by atoms with Gasteiger partial charge in [0.25, 0.3) is 0 Å². The van der Waals surface area contributed by atoms with Crippen molar-refractivity contribution in [1.29, 1.82) is 5.26 Å². The first-order valence-electron chi connectivity index (χ1n) is 4.42. The van der Waals surface area contributed by atoms with Crippen molar-refractivity contribution >= 4 is 15.9 Å². The molecule has 0 aliphatic carbocycles. The second-order valence-electron chi connectivity index (χ2n) is 3.42. The maximum absolute atomic E-state index is 11.7. The molecule has 0 spiro atoms. The molecule has 0 heterocycles.